The highest BCUT2D eigenvalue weighted by atomic mass is 16.6. The maximum atomic E-state index is 9.04. The Morgan fingerprint density at radius 1 is 1.67 bits per heavy atom. The second-order valence-electron chi connectivity index (χ2n) is 2.27. The molecule has 0 aromatic rings. The van der Waals surface area contributed by atoms with Gasteiger partial charge in [-0.2, -0.15) is 0 Å². The molecule has 1 fully saturated rings. The molecule has 0 unspecified atom stereocenters. The van der Waals surface area contributed by atoms with Gasteiger partial charge in [0.2, 0.25) is 0 Å². The van der Waals surface area contributed by atoms with Gasteiger partial charge in [-0.3, -0.25) is 0 Å². The topological polar surface area (TPSA) is 69.9 Å². The van der Waals surface area contributed by atoms with Crippen molar-refractivity contribution in [1.82, 2.24) is 0 Å². The zero-order chi connectivity index (χ0) is 6.91. The van der Waals surface area contributed by atoms with Gasteiger partial charge < -0.3 is 20.1 Å². The van der Waals surface area contributed by atoms with Crippen LogP contribution in [0.1, 0.15) is 6.42 Å². The molecule has 0 amide bonds. The normalized spacial score (nSPS) is 43.7. The Morgan fingerprint density at radius 2 is 2.33 bits per heavy atom. The summed E-state index contributed by atoms with van der Waals surface area (Å²) in [7, 11) is 0. The Hall–Kier alpha value is -0.160. The summed E-state index contributed by atoms with van der Waals surface area (Å²) in [6.07, 6.45) is -0.536. The number of aliphatic hydroxyl groups is 3. The molecule has 0 aromatic carbocycles. The zero-order valence-corrected chi connectivity index (χ0v) is 4.95. The Balaban J connectivity index is 2.45. The minimum Gasteiger partial charge on any atom is -0.391 e. The third-order valence-corrected chi connectivity index (χ3v) is 1.35. The van der Waals surface area contributed by atoms with Crippen molar-refractivity contribution in [3.63, 3.8) is 0 Å². The van der Waals surface area contributed by atoms with Crippen LogP contribution in [-0.2, 0) is 4.74 Å². The van der Waals surface area contributed by atoms with Crippen molar-refractivity contribution in [3.05, 3.63) is 0 Å². The first-order valence-corrected chi connectivity index (χ1v) is 2.81. The molecule has 1 saturated heterocycles. The van der Waals surface area contributed by atoms with Crippen LogP contribution in [0, 0.1) is 0 Å². The Morgan fingerprint density at radius 3 is 2.56 bits per heavy atom. The summed E-state index contributed by atoms with van der Waals surface area (Å²) in [5.74, 6) is -1.49. The maximum Gasteiger partial charge on any atom is 0.191 e. The van der Waals surface area contributed by atoms with Crippen LogP contribution in [0.5, 0.6) is 0 Å². The van der Waals surface area contributed by atoms with E-state index in [0.29, 0.717) is 0 Å². The van der Waals surface area contributed by atoms with Gasteiger partial charge >= 0.3 is 0 Å². The fraction of sp³-hybridized carbons (Fsp3) is 1.00. The predicted octanol–water partition coefficient (Wildman–Crippen LogP) is -1.55. The van der Waals surface area contributed by atoms with E-state index in [1.54, 1.807) is 0 Å². The first-order chi connectivity index (χ1) is 4.16. The van der Waals surface area contributed by atoms with E-state index in [1.165, 1.54) is 0 Å². The van der Waals surface area contributed by atoms with Crippen molar-refractivity contribution in [2.45, 2.75) is 18.3 Å². The average molecular weight is 134 g/mol. The van der Waals surface area contributed by atoms with E-state index in [9.17, 15) is 0 Å². The molecule has 54 valence electrons. The molecule has 0 bridgehead atoms. The van der Waals surface area contributed by atoms with Gasteiger partial charge in [0.25, 0.3) is 0 Å². The minimum atomic E-state index is -1.49. The molecule has 0 aliphatic carbocycles. The molecule has 2 atom stereocenters. The second kappa shape index (κ2) is 2.22. The Labute approximate surface area is 52.7 Å². The van der Waals surface area contributed by atoms with Crippen LogP contribution in [0.25, 0.3) is 0 Å². The third-order valence-electron chi connectivity index (χ3n) is 1.35. The summed E-state index contributed by atoms with van der Waals surface area (Å²) < 4.78 is 4.66. The van der Waals surface area contributed by atoms with Crippen LogP contribution < -0.4 is 0 Å². The van der Waals surface area contributed by atoms with Crippen molar-refractivity contribution < 1.29 is 20.1 Å². The lowest BCUT2D eigenvalue weighted by Crippen LogP contribution is -2.32. The SMILES string of the molecule is OC[C@@]1(O)C[C@@H](O)CO1. The summed E-state index contributed by atoms with van der Waals surface area (Å²) >= 11 is 0. The summed E-state index contributed by atoms with van der Waals surface area (Å²) in [6, 6.07) is 0. The van der Waals surface area contributed by atoms with Crippen molar-refractivity contribution in [1.29, 1.82) is 0 Å². The molecule has 4 heteroatoms. The van der Waals surface area contributed by atoms with E-state index in [4.69, 9.17) is 15.3 Å². The lowest BCUT2D eigenvalue weighted by Gasteiger charge is -2.16. The van der Waals surface area contributed by atoms with E-state index in [-0.39, 0.29) is 13.0 Å². The van der Waals surface area contributed by atoms with Crippen LogP contribution in [-0.4, -0.2) is 40.4 Å². The summed E-state index contributed by atoms with van der Waals surface area (Å²) in [5, 5.41) is 26.3. The van der Waals surface area contributed by atoms with Crippen molar-refractivity contribution >= 4 is 0 Å². The first kappa shape index (κ1) is 6.95. The maximum absolute atomic E-state index is 9.04. The van der Waals surface area contributed by atoms with E-state index < -0.39 is 18.5 Å². The van der Waals surface area contributed by atoms with Crippen LogP contribution in [0.15, 0.2) is 0 Å². The largest absolute Gasteiger partial charge is 0.391 e. The predicted molar refractivity (Wildman–Crippen MR) is 28.6 cm³/mol. The summed E-state index contributed by atoms with van der Waals surface area (Å²) in [6.45, 7) is -0.346. The van der Waals surface area contributed by atoms with Crippen molar-refractivity contribution in [3.8, 4) is 0 Å². The number of hydrogen-bond acceptors (Lipinski definition) is 4. The highest BCUT2D eigenvalue weighted by Gasteiger charge is 2.36. The van der Waals surface area contributed by atoms with Crippen LogP contribution in [0.3, 0.4) is 0 Å². The standard InChI is InChI=1S/C5H10O4/c6-3-5(8)1-4(7)2-9-5/h4,6-8H,1-3H2/t4-,5-/m1/s1. The van der Waals surface area contributed by atoms with Crippen LogP contribution in [0.4, 0.5) is 0 Å². The highest BCUT2D eigenvalue weighted by Crippen LogP contribution is 2.21. The summed E-state index contributed by atoms with van der Waals surface area (Å²) in [5.41, 5.74) is 0. The van der Waals surface area contributed by atoms with Gasteiger partial charge in [-0.05, 0) is 0 Å². The molecule has 1 aliphatic rings. The van der Waals surface area contributed by atoms with E-state index >= 15 is 0 Å². The van der Waals surface area contributed by atoms with Gasteiger partial charge in [-0.1, -0.05) is 0 Å². The average Bonchev–Trinajstić information content (AvgIpc) is 2.13. The molecule has 0 spiro atoms. The molecule has 0 aromatic heterocycles. The molecule has 1 heterocycles. The van der Waals surface area contributed by atoms with Gasteiger partial charge in [0.1, 0.15) is 0 Å². The number of aliphatic hydroxyl groups excluding tert-OH is 2. The number of hydrogen-bond donors (Lipinski definition) is 3. The van der Waals surface area contributed by atoms with Crippen LogP contribution in [0.2, 0.25) is 0 Å². The molecule has 1 aliphatic heterocycles. The molecular weight excluding hydrogens is 124 g/mol. The van der Waals surface area contributed by atoms with E-state index in [1.807, 2.05) is 0 Å². The molecule has 9 heavy (non-hydrogen) atoms. The van der Waals surface area contributed by atoms with Crippen molar-refractivity contribution in [2.75, 3.05) is 13.2 Å². The number of rotatable bonds is 1. The summed E-state index contributed by atoms with van der Waals surface area (Å²) in [4.78, 5) is 0. The molecule has 3 N–H and O–H groups in total. The lowest BCUT2D eigenvalue weighted by atomic mass is 10.2. The fourth-order valence-corrected chi connectivity index (χ4v) is 0.848. The van der Waals surface area contributed by atoms with Gasteiger partial charge in [-0.15, -0.1) is 0 Å². The van der Waals surface area contributed by atoms with Crippen LogP contribution >= 0.6 is 0 Å². The van der Waals surface area contributed by atoms with E-state index in [2.05, 4.69) is 4.74 Å². The van der Waals surface area contributed by atoms with E-state index in [0.717, 1.165) is 0 Å². The molecular formula is C5H10O4. The first-order valence-electron chi connectivity index (χ1n) is 2.81. The minimum absolute atomic E-state index is 0.101. The monoisotopic (exact) mass is 134 g/mol. The molecule has 4 nitrogen and oxygen atoms in total. The molecule has 1 rings (SSSR count). The molecule has 0 radical (unpaired) electrons. The van der Waals surface area contributed by atoms with Gasteiger partial charge in [-0.25, -0.2) is 0 Å². The smallest absolute Gasteiger partial charge is 0.191 e. The number of ether oxygens (including phenoxy) is 1. The zero-order valence-electron chi connectivity index (χ0n) is 4.95. The Kier molecular flexibility index (Phi) is 1.72. The fourth-order valence-electron chi connectivity index (χ4n) is 0.848. The third kappa shape index (κ3) is 1.40. The van der Waals surface area contributed by atoms with Crippen molar-refractivity contribution in [2.24, 2.45) is 0 Å². The highest BCUT2D eigenvalue weighted by molar-refractivity contribution is 4.77. The molecule has 0 saturated carbocycles. The van der Waals surface area contributed by atoms with Gasteiger partial charge in [0.05, 0.1) is 19.3 Å². The second-order valence-corrected chi connectivity index (χ2v) is 2.27. The Bertz CT molecular complexity index is 105. The lowest BCUT2D eigenvalue weighted by molar-refractivity contribution is -0.193. The van der Waals surface area contributed by atoms with Gasteiger partial charge in [0.15, 0.2) is 5.79 Å². The van der Waals surface area contributed by atoms with Gasteiger partial charge in [0, 0.05) is 6.42 Å². The quantitative estimate of drug-likeness (QED) is 0.406.